The summed E-state index contributed by atoms with van der Waals surface area (Å²) in [5, 5.41) is 10.6. The molecule has 0 fully saturated rings. The third-order valence-corrected chi connectivity index (χ3v) is 5.16. The highest BCUT2D eigenvalue weighted by Crippen LogP contribution is 2.45. The minimum absolute atomic E-state index is 0.183. The van der Waals surface area contributed by atoms with Gasteiger partial charge in [0.2, 0.25) is 0 Å². The van der Waals surface area contributed by atoms with Gasteiger partial charge in [-0.15, -0.1) is 0 Å². The lowest BCUT2D eigenvalue weighted by Crippen LogP contribution is -2.20. The lowest BCUT2D eigenvalue weighted by atomic mass is 9.82. The number of hydrogen-bond acceptors (Lipinski definition) is 5. The Bertz CT molecular complexity index is 885. The van der Waals surface area contributed by atoms with Crippen LogP contribution in [0.15, 0.2) is 33.9 Å². The Hall–Kier alpha value is -2.28. The number of carbonyl (C=O) groups is 1. The van der Waals surface area contributed by atoms with Crippen molar-refractivity contribution in [1.82, 2.24) is 10.2 Å². The monoisotopic (exact) mass is 388 g/mol. The molecule has 4 rings (SSSR count). The molecule has 1 aromatic carbocycles. The number of hydrogen-bond donors (Lipinski definition) is 2. The van der Waals surface area contributed by atoms with Gasteiger partial charge in [-0.1, -0.05) is 6.07 Å². The molecule has 0 amide bonds. The third-order valence-electron chi connectivity index (χ3n) is 4.52. The van der Waals surface area contributed by atoms with Gasteiger partial charge in [0, 0.05) is 35.7 Å². The highest BCUT2D eigenvalue weighted by Gasteiger charge is 2.40. The smallest absolute Gasteiger partial charge is 0.337 e. The van der Waals surface area contributed by atoms with Gasteiger partial charge in [-0.2, -0.15) is 5.10 Å². The number of rotatable bonds is 2. The van der Waals surface area contributed by atoms with E-state index in [4.69, 9.17) is 4.74 Å². The molecule has 0 aliphatic carbocycles. The molecular weight excluding hydrogens is 372 g/mol. The first-order valence-corrected chi connectivity index (χ1v) is 8.45. The molecule has 6 nitrogen and oxygen atoms in total. The Balaban J connectivity index is 1.90. The number of fused-ring (bicyclic) bond motifs is 1. The predicted molar refractivity (Wildman–Crippen MR) is 95.2 cm³/mol. The van der Waals surface area contributed by atoms with Crippen molar-refractivity contribution in [2.45, 2.75) is 12.8 Å². The Labute approximate surface area is 148 Å². The van der Waals surface area contributed by atoms with Crippen molar-refractivity contribution in [2.24, 2.45) is 0 Å². The second-order valence-corrected chi connectivity index (χ2v) is 7.10. The van der Waals surface area contributed by atoms with Crippen LogP contribution in [0.25, 0.3) is 0 Å². The first-order chi connectivity index (χ1) is 11.5. The van der Waals surface area contributed by atoms with E-state index >= 15 is 0 Å². The maximum Gasteiger partial charge on any atom is 0.337 e. The zero-order valence-electron chi connectivity index (χ0n) is 13.6. The van der Waals surface area contributed by atoms with Crippen molar-refractivity contribution >= 4 is 33.4 Å². The van der Waals surface area contributed by atoms with Gasteiger partial charge in [0.15, 0.2) is 5.82 Å². The third kappa shape index (κ3) is 2.15. The van der Waals surface area contributed by atoms with Gasteiger partial charge in [-0.3, -0.25) is 5.10 Å². The molecule has 2 aliphatic heterocycles. The number of aromatic amines is 1. The number of halogens is 1. The minimum Gasteiger partial charge on any atom is -0.456 e. The molecule has 7 heteroatoms. The number of aromatic nitrogens is 2. The van der Waals surface area contributed by atoms with Crippen LogP contribution in [0.3, 0.4) is 0 Å². The Kier molecular flexibility index (Phi) is 3.42. The van der Waals surface area contributed by atoms with E-state index < -0.39 is 0 Å². The van der Waals surface area contributed by atoms with Gasteiger partial charge in [0.1, 0.15) is 6.61 Å². The van der Waals surface area contributed by atoms with Crippen LogP contribution in [0.5, 0.6) is 0 Å². The van der Waals surface area contributed by atoms with Crippen LogP contribution in [0, 0.1) is 6.92 Å². The number of H-pyrrole nitrogens is 1. The predicted octanol–water partition coefficient (Wildman–Crippen LogP) is 2.91. The standard InChI is InChI=1S/C17H17BrN4O2/c1-8-13-14(9-4-5-12(22(2)3)10(18)6-9)15-11(7-24-17(15)23)19-16(13)21-20-8/h4-6,14H,7H2,1-3H3,(H2,19,20,21)/t14-/m0/s1. The average molecular weight is 389 g/mol. The van der Waals surface area contributed by atoms with E-state index in [1.54, 1.807) is 0 Å². The highest BCUT2D eigenvalue weighted by molar-refractivity contribution is 9.10. The van der Waals surface area contributed by atoms with Crippen molar-refractivity contribution in [3.05, 3.63) is 50.8 Å². The average Bonchev–Trinajstić information content (AvgIpc) is 3.09. The summed E-state index contributed by atoms with van der Waals surface area (Å²) >= 11 is 3.64. The maximum absolute atomic E-state index is 12.3. The van der Waals surface area contributed by atoms with Crippen molar-refractivity contribution in [2.75, 3.05) is 30.9 Å². The molecule has 2 aliphatic rings. The van der Waals surface area contributed by atoms with E-state index in [1.807, 2.05) is 25.9 Å². The largest absolute Gasteiger partial charge is 0.456 e. The molecule has 1 atom stereocenters. The lowest BCUT2D eigenvalue weighted by molar-refractivity contribution is -0.136. The molecule has 2 N–H and O–H groups in total. The van der Waals surface area contributed by atoms with Crippen molar-refractivity contribution in [3.63, 3.8) is 0 Å². The summed E-state index contributed by atoms with van der Waals surface area (Å²) in [4.78, 5) is 14.4. The van der Waals surface area contributed by atoms with Crippen LogP contribution in [-0.4, -0.2) is 36.9 Å². The normalized spacial score (nSPS) is 18.8. The number of carbonyl (C=O) groups excluding carboxylic acids is 1. The molecule has 0 saturated carbocycles. The van der Waals surface area contributed by atoms with Gasteiger partial charge in [0.25, 0.3) is 0 Å². The van der Waals surface area contributed by atoms with E-state index in [0.29, 0.717) is 5.57 Å². The number of nitrogens with one attached hydrogen (secondary N) is 2. The van der Waals surface area contributed by atoms with E-state index in [9.17, 15) is 4.79 Å². The van der Waals surface area contributed by atoms with E-state index in [2.05, 4.69) is 49.6 Å². The van der Waals surface area contributed by atoms with Gasteiger partial charge < -0.3 is 15.0 Å². The van der Waals surface area contributed by atoms with Gasteiger partial charge in [-0.25, -0.2) is 4.79 Å². The molecule has 0 saturated heterocycles. The second-order valence-electron chi connectivity index (χ2n) is 6.24. The maximum atomic E-state index is 12.3. The molecule has 24 heavy (non-hydrogen) atoms. The van der Waals surface area contributed by atoms with E-state index in [1.165, 1.54) is 0 Å². The summed E-state index contributed by atoms with van der Waals surface area (Å²) in [6.45, 7) is 2.24. The van der Waals surface area contributed by atoms with Gasteiger partial charge >= 0.3 is 5.97 Å². The topological polar surface area (TPSA) is 70.2 Å². The number of nitrogens with zero attached hydrogens (tertiary/aromatic N) is 2. The van der Waals surface area contributed by atoms with Crippen LogP contribution < -0.4 is 10.2 Å². The number of cyclic esters (lactones) is 1. The number of esters is 1. The van der Waals surface area contributed by atoms with Crippen molar-refractivity contribution in [3.8, 4) is 0 Å². The lowest BCUT2D eigenvalue weighted by Gasteiger charge is -2.25. The quantitative estimate of drug-likeness (QED) is 0.773. The SMILES string of the molecule is Cc1[nH]nc2c1[C@H](c1ccc(N(C)C)c(Br)c1)C1=C(COC1=O)N2. The number of benzene rings is 1. The van der Waals surface area contributed by atoms with Gasteiger partial charge in [-0.05, 0) is 40.5 Å². The van der Waals surface area contributed by atoms with Crippen LogP contribution in [0.2, 0.25) is 0 Å². The first kappa shape index (κ1) is 15.3. The fourth-order valence-electron chi connectivity index (χ4n) is 3.38. The summed E-state index contributed by atoms with van der Waals surface area (Å²) in [5.41, 5.74) is 5.54. The van der Waals surface area contributed by atoms with Crippen LogP contribution in [0.1, 0.15) is 22.7 Å². The summed E-state index contributed by atoms with van der Waals surface area (Å²) in [7, 11) is 4.00. The fourth-order valence-corrected chi connectivity index (χ4v) is 4.14. The van der Waals surface area contributed by atoms with Crippen molar-refractivity contribution in [1.29, 1.82) is 0 Å². The van der Waals surface area contributed by atoms with Crippen molar-refractivity contribution < 1.29 is 9.53 Å². The first-order valence-electron chi connectivity index (χ1n) is 7.66. The number of anilines is 2. The number of aryl methyl sites for hydroxylation is 1. The van der Waals surface area contributed by atoms with E-state index in [0.717, 1.165) is 38.5 Å². The summed E-state index contributed by atoms with van der Waals surface area (Å²) < 4.78 is 6.24. The van der Waals surface area contributed by atoms with Crippen LogP contribution in [0.4, 0.5) is 11.5 Å². The van der Waals surface area contributed by atoms with Crippen LogP contribution in [-0.2, 0) is 9.53 Å². The fraction of sp³-hybridized carbons (Fsp3) is 0.294. The minimum atomic E-state index is -0.262. The zero-order valence-corrected chi connectivity index (χ0v) is 15.2. The summed E-state index contributed by atoms with van der Waals surface area (Å²) in [5.74, 6) is 0.321. The molecule has 0 spiro atoms. The number of ether oxygens (including phenoxy) is 1. The molecule has 124 valence electrons. The van der Waals surface area contributed by atoms with Crippen LogP contribution >= 0.6 is 15.9 Å². The molecular formula is C17H17BrN4O2. The zero-order chi connectivity index (χ0) is 17.0. The molecule has 2 aromatic rings. The molecule has 0 unspecified atom stereocenters. The Morgan fingerprint density at radius 1 is 1.38 bits per heavy atom. The highest BCUT2D eigenvalue weighted by atomic mass is 79.9. The Morgan fingerprint density at radius 3 is 2.88 bits per heavy atom. The second kappa shape index (κ2) is 5.37. The summed E-state index contributed by atoms with van der Waals surface area (Å²) in [6, 6.07) is 6.18. The molecule has 3 heterocycles. The summed E-state index contributed by atoms with van der Waals surface area (Å²) in [6.07, 6.45) is 0. The molecule has 0 radical (unpaired) electrons. The van der Waals surface area contributed by atoms with Gasteiger partial charge in [0.05, 0.1) is 17.0 Å². The Morgan fingerprint density at radius 2 is 2.17 bits per heavy atom. The molecule has 0 bridgehead atoms. The van der Waals surface area contributed by atoms with E-state index in [-0.39, 0.29) is 18.5 Å². The molecule has 1 aromatic heterocycles.